The van der Waals surface area contributed by atoms with Crippen LogP contribution in [0.1, 0.15) is 46.8 Å². The minimum Gasteiger partial charge on any atom is -0.493 e. The van der Waals surface area contributed by atoms with Gasteiger partial charge in [-0.1, -0.05) is 43.7 Å². The van der Waals surface area contributed by atoms with E-state index in [1.165, 1.54) is 13.2 Å². The van der Waals surface area contributed by atoms with Crippen LogP contribution in [-0.4, -0.2) is 71.7 Å². The maximum absolute atomic E-state index is 13.5. The zero-order chi connectivity index (χ0) is 27.6. The number of methoxy groups -OCH3 is 1. The Labute approximate surface area is 222 Å². The monoisotopic (exact) mass is 522 g/mol. The molecule has 0 radical (unpaired) electrons. The third kappa shape index (κ3) is 5.16. The summed E-state index contributed by atoms with van der Waals surface area (Å²) in [5.41, 5.74) is 3.13. The first-order chi connectivity index (χ1) is 18.2. The Balaban J connectivity index is 1.83. The predicted molar refractivity (Wildman–Crippen MR) is 140 cm³/mol. The molecule has 4 rings (SSSR count). The number of aryl methyl sites for hydroxylation is 1. The summed E-state index contributed by atoms with van der Waals surface area (Å²) >= 11 is 0. The van der Waals surface area contributed by atoms with Gasteiger partial charge < -0.3 is 29.9 Å². The molecule has 1 heterocycles. The van der Waals surface area contributed by atoms with E-state index < -0.39 is 30.1 Å². The second kappa shape index (κ2) is 11.4. The highest BCUT2D eigenvalue weighted by molar-refractivity contribution is 5.96. The summed E-state index contributed by atoms with van der Waals surface area (Å²) in [6, 6.07) is 10.1. The number of hydrogen-bond donors (Lipinski definition) is 3. The number of carbonyl (C=O) groups excluding carboxylic acids is 3. The fraction of sp³-hybridized carbons (Fsp3) is 0.414. The summed E-state index contributed by atoms with van der Waals surface area (Å²) in [4.78, 5) is 40.0. The molecule has 2 amide bonds. The van der Waals surface area contributed by atoms with Gasteiger partial charge in [-0.2, -0.15) is 0 Å². The molecule has 0 aromatic heterocycles. The van der Waals surface area contributed by atoms with Crippen LogP contribution in [0.25, 0.3) is 0 Å². The van der Waals surface area contributed by atoms with Crippen molar-refractivity contribution >= 4 is 18.1 Å². The number of ether oxygens (including phenoxy) is 2. The van der Waals surface area contributed by atoms with Gasteiger partial charge in [0.05, 0.1) is 25.7 Å². The van der Waals surface area contributed by atoms with Crippen LogP contribution in [0.2, 0.25) is 0 Å². The van der Waals surface area contributed by atoms with Crippen molar-refractivity contribution in [2.45, 2.75) is 51.5 Å². The summed E-state index contributed by atoms with van der Waals surface area (Å²) in [6.45, 7) is 5.56. The summed E-state index contributed by atoms with van der Waals surface area (Å²) in [5, 5.41) is 23.6. The van der Waals surface area contributed by atoms with E-state index in [1.54, 1.807) is 30.9 Å². The lowest BCUT2D eigenvalue weighted by atomic mass is 9.77. The molecule has 2 aliphatic rings. The maximum atomic E-state index is 13.5. The molecule has 1 aliphatic heterocycles. The Morgan fingerprint density at radius 3 is 2.53 bits per heavy atom. The van der Waals surface area contributed by atoms with Gasteiger partial charge in [0, 0.05) is 35.7 Å². The minimum atomic E-state index is -1.18. The smallest absolute Gasteiger partial charge is 0.247 e. The number of hydrogen-bond acceptors (Lipinski definition) is 7. The van der Waals surface area contributed by atoms with Gasteiger partial charge >= 0.3 is 0 Å². The lowest BCUT2D eigenvalue weighted by molar-refractivity contribution is -0.141. The fourth-order valence-electron chi connectivity index (χ4n) is 5.11. The molecule has 202 valence electrons. The summed E-state index contributed by atoms with van der Waals surface area (Å²) in [7, 11) is 1.45. The van der Waals surface area contributed by atoms with E-state index in [2.05, 4.69) is 5.32 Å². The van der Waals surface area contributed by atoms with Crippen molar-refractivity contribution in [1.29, 1.82) is 0 Å². The molecule has 9 nitrogen and oxygen atoms in total. The number of carbonyl (C=O) groups is 3. The molecule has 0 saturated heterocycles. The lowest BCUT2D eigenvalue weighted by Crippen LogP contribution is -2.56. The highest BCUT2D eigenvalue weighted by Gasteiger charge is 2.51. The molecule has 3 N–H and O–H groups in total. The van der Waals surface area contributed by atoms with Crippen molar-refractivity contribution in [2.24, 2.45) is 5.92 Å². The van der Waals surface area contributed by atoms with Gasteiger partial charge in [-0.05, 0) is 30.7 Å². The molecule has 4 atom stereocenters. The van der Waals surface area contributed by atoms with Crippen molar-refractivity contribution in [3.05, 3.63) is 70.3 Å². The average molecular weight is 523 g/mol. The van der Waals surface area contributed by atoms with E-state index in [1.807, 2.05) is 31.2 Å². The Morgan fingerprint density at radius 2 is 1.92 bits per heavy atom. The number of aliphatic hydroxyl groups excluding tert-OH is 2. The Bertz CT molecular complexity index is 1240. The molecule has 0 bridgehead atoms. The van der Waals surface area contributed by atoms with Crippen molar-refractivity contribution in [2.75, 3.05) is 20.3 Å². The van der Waals surface area contributed by atoms with Gasteiger partial charge in [-0.25, -0.2) is 0 Å². The van der Waals surface area contributed by atoms with Crippen LogP contribution in [0.5, 0.6) is 11.5 Å². The molecule has 0 saturated carbocycles. The Morgan fingerprint density at radius 1 is 1.21 bits per heavy atom. The first kappa shape index (κ1) is 27.3. The number of nitrogens with zero attached hydrogens (tertiary/aromatic N) is 1. The molecule has 2 aromatic carbocycles. The van der Waals surface area contributed by atoms with Gasteiger partial charge in [0.15, 0.2) is 11.5 Å². The average Bonchev–Trinajstić information content (AvgIpc) is 3.31. The van der Waals surface area contributed by atoms with Crippen LogP contribution in [0.15, 0.2) is 48.0 Å². The third-order valence-corrected chi connectivity index (χ3v) is 7.02. The Hall–Kier alpha value is -3.69. The third-order valence-electron chi connectivity index (χ3n) is 7.02. The van der Waals surface area contributed by atoms with Gasteiger partial charge in [-0.3, -0.25) is 14.4 Å². The number of fused-ring (bicyclic) bond motifs is 3. The van der Waals surface area contributed by atoms with E-state index in [0.717, 1.165) is 11.1 Å². The molecule has 1 aliphatic carbocycles. The van der Waals surface area contributed by atoms with Gasteiger partial charge in [0.25, 0.3) is 0 Å². The lowest BCUT2D eigenvalue weighted by Gasteiger charge is -2.41. The largest absolute Gasteiger partial charge is 0.493 e. The van der Waals surface area contributed by atoms with Crippen molar-refractivity contribution in [1.82, 2.24) is 10.2 Å². The number of aliphatic hydroxyl groups is 2. The van der Waals surface area contributed by atoms with Crippen molar-refractivity contribution < 1.29 is 34.1 Å². The van der Waals surface area contributed by atoms with Crippen LogP contribution in [-0.2, 0) is 16.1 Å². The van der Waals surface area contributed by atoms with Crippen LogP contribution in [0, 0.1) is 12.8 Å². The zero-order valence-electron chi connectivity index (χ0n) is 22.0. The maximum Gasteiger partial charge on any atom is 0.247 e. The Kier molecular flexibility index (Phi) is 8.18. The second-order valence-corrected chi connectivity index (χ2v) is 10.0. The van der Waals surface area contributed by atoms with Crippen LogP contribution < -0.4 is 14.8 Å². The van der Waals surface area contributed by atoms with Crippen LogP contribution in [0.4, 0.5) is 0 Å². The van der Waals surface area contributed by atoms with Crippen LogP contribution >= 0.6 is 0 Å². The first-order valence-electron chi connectivity index (χ1n) is 12.7. The van der Waals surface area contributed by atoms with E-state index >= 15 is 0 Å². The molecule has 0 spiro atoms. The predicted octanol–water partition coefficient (Wildman–Crippen LogP) is 2.12. The summed E-state index contributed by atoms with van der Waals surface area (Å²) in [5.74, 6) is -1.05. The molecule has 0 unspecified atom stereocenters. The molecule has 0 fully saturated rings. The molecule has 9 heteroatoms. The van der Waals surface area contributed by atoms with Gasteiger partial charge in [0.1, 0.15) is 18.5 Å². The molecular formula is C29H34N2O7. The second-order valence-electron chi connectivity index (χ2n) is 10.0. The van der Waals surface area contributed by atoms with E-state index in [4.69, 9.17) is 9.47 Å². The van der Waals surface area contributed by atoms with Crippen molar-refractivity contribution in [3.8, 4) is 11.5 Å². The van der Waals surface area contributed by atoms with Crippen LogP contribution in [0.3, 0.4) is 0 Å². The summed E-state index contributed by atoms with van der Waals surface area (Å²) in [6.07, 6.45) is 0.203. The SMILES string of the molecule is COc1cc(C=O)cc2c1O[C@@H]1[C@@H](O)[C@H](N(Cc3ccc(C)cc3)C(=O)C(C)C)C=C(C(=O)NCCO)[C@H]21. The standard InChI is InChI=1S/C29H34N2O7/c1-16(2)29(36)31(14-18-7-5-17(3)6-8-18)22-13-21(28(35)30-9-10-32)24-20-11-19(15-33)12-23(37-4)26(20)38-27(24)25(22)34/h5-8,11-13,15-16,22,24-25,27,32,34H,9-10,14H2,1-4H3,(H,30,35)/t22-,24+,25+,27+/m1/s1. The van der Waals surface area contributed by atoms with E-state index in [0.29, 0.717) is 28.9 Å². The number of amides is 2. The number of nitrogens with one attached hydrogen (secondary N) is 1. The molecular weight excluding hydrogens is 488 g/mol. The minimum absolute atomic E-state index is 0.0319. The highest BCUT2D eigenvalue weighted by Crippen LogP contribution is 2.51. The number of aldehydes is 1. The first-order valence-corrected chi connectivity index (χ1v) is 12.7. The van der Waals surface area contributed by atoms with Gasteiger partial charge in [0.2, 0.25) is 11.8 Å². The molecule has 2 aromatic rings. The quantitative estimate of drug-likeness (QED) is 0.431. The summed E-state index contributed by atoms with van der Waals surface area (Å²) < 4.78 is 11.7. The molecule has 38 heavy (non-hydrogen) atoms. The highest BCUT2D eigenvalue weighted by atomic mass is 16.5. The van der Waals surface area contributed by atoms with E-state index in [9.17, 15) is 24.6 Å². The topological polar surface area (TPSA) is 125 Å². The number of rotatable bonds is 9. The van der Waals surface area contributed by atoms with Crippen molar-refractivity contribution in [3.63, 3.8) is 0 Å². The normalized spacial score (nSPS) is 21.6. The zero-order valence-corrected chi connectivity index (χ0v) is 22.0. The van der Waals surface area contributed by atoms with E-state index in [-0.39, 0.29) is 37.1 Å². The van der Waals surface area contributed by atoms with Gasteiger partial charge in [-0.15, -0.1) is 0 Å². The fourth-order valence-corrected chi connectivity index (χ4v) is 5.11. The number of benzene rings is 2.